The molecule has 18 heavy (non-hydrogen) atoms. The van der Waals surface area contributed by atoms with Gasteiger partial charge in [-0.3, -0.25) is 0 Å². The summed E-state index contributed by atoms with van der Waals surface area (Å²) in [6.45, 7) is 1.18. The lowest BCUT2D eigenvalue weighted by Crippen LogP contribution is -2.02. The highest BCUT2D eigenvalue weighted by molar-refractivity contribution is 5.32. The van der Waals surface area contributed by atoms with E-state index in [4.69, 9.17) is 20.5 Å². The van der Waals surface area contributed by atoms with Gasteiger partial charge in [0.25, 0.3) is 0 Å². The number of benzene rings is 1. The Hall–Kier alpha value is -2.56. The van der Waals surface area contributed by atoms with E-state index in [2.05, 4.69) is 20.1 Å². The van der Waals surface area contributed by atoms with E-state index in [0.717, 1.165) is 0 Å². The van der Waals surface area contributed by atoms with E-state index >= 15 is 0 Å². The largest absolute Gasteiger partial charge is 0.493 e. The molecule has 0 unspecified atom stereocenters. The quantitative estimate of drug-likeness (QED) is 0.304. The number of azide groups is 2. The van der Waals surface area contributed by atoms with Gasteiger partial charge in [0.05, 0.1) is 26.3 Å². The molecule has 0 atom stereocenters. The first-order valence-electron chi connectivity index (χ1n) is 5.24. The molecule has 1 aromatic carbocycles. The SMILES string of the molecule is [N-]=[N+]=NCCOc1cccc(OCCN=[N+]=[N-])c1. The topological polar surface area (TPSA) is 116 Å². The zero-order chi connectivity index (χ0) is 13.1. The number of rotatable bonds is 8. The zero-order valence-electron chi connectivity index (χ0n) is 9.64. The summed E-state index contributed by atoms with van der Waals surface area (Å²) in [6, 6.07) is 7.05. The highest BCUT2D eigenvalue weighted by Crippen LogP contribution is 2.19. The Kier molecular flexibility index (Phi) is 6.43. The lowest BCUT2D eigenvalue weighted by atomic mass is 10.3. The normalized spacial score (nSPS) is 8.89. The van der Waals surface area contributed by atoms with Crippen LogP contribution < -0.4 is 9.47 Å². The summed E-state index contributed by atoms with van der Waals surface area (Å²) in [5, 5.41) is 6.71. The van der Waals surface area contributed by atoms with Crippen LogP contribution in [0, 0.1) is 0 Å². The van der Waals surface area contributed by atoms with Crippen molar-refractivity contribution in [2.45, 2.75) is 0 Å². The van der Waals surface area contributed by atoms with E-state index in [-0.39, 0.29) is 13.1 Å². The van der Waals surface area contributed by atoms with Gasteiger partial charge in [0, 0.05) is 15.9 Å². The summed E-state index contributed by atoms with van der Waals surface area (Å²) >= 11 is 0. The Morgan fingerprint density at radius 2 is 1.44 bits per heavy atom. The van der Waals surface area contributed by atoms with E-state index in [1.165, 1.54) is 0 Å². The first-order chi connectivity index (χ1) is 8.86. The average Bonchev–Trinajstić information content (AvgIpc) is 2.40. The maximum absolute atomic E-state index is 8.10. The maximum atomic E-state index is 8.10. The van der Waals surface area contributed by atoms with Gasteiger partial charge in [0.2, 0.25) is 0 Å². The Labute approximate surface area is 103 Å². The van der Waals surface area contributed by atoms with Crippen molar-refractivity contribution in [3.8, 4) is 11.5 Å². The summed E-state index contributed by atoms with van der Waals surface area (Å²) in [7, 11) is 0. The second kappa shape index (κ2) is 8.58. The first-order valence-corrected chi connectivity index (χ1v) is 5.24. The fourth-order valence-corrected chi connectivity index (χ4v) is 1.15. The Bertz CT molecular complexity index is 426. The molecule has 1 aromatic rings. The van der Waals surface area contributed by atoms with Crippen LogP contribution in [0.15, 0.2) is 34.5 Å². The molecule has 0 heterocycles. The van der Waals surface area contributed by atoms with Gasteiger partial charge in [-0.05, 0) is 23.2 Å². The van der Waals surface area contributed by atoms with Gasteiger partial charge < -0.3 is 9.47 Å². The molecular weight excluding hydrogens is 236 g/mol. The molecule has 0 aliphatic rings. The van der Waals surface area contributed by atoms with Crippen molar-refractivity contribution in [1.29, 1.82) is 0 Å². The predicted molar refractivity (Wildman–Crippen MR) is 65.5 cm³/mol. The first kappa shape index (κ1) is 13.5. The van der Waals surface area contributed by atoms with Gasteiger partial charge in [0.1, 0.15) is 11.5 Å². The molecule has 0 aromatic heterocycles. The van der Waals surface area contributed by atoms with Crippen LogP contribution in [0.1, 0.15) is 0 Å². The lowest BCUT2D eigenvalue weighted by Gasteiger charge is -2.07. The van der Waals surface area contributed by atoms with Crippen LogP contribution in [-0.2, 0) is 0 Å². The standard InChI is InChI=1S/C10H12N6O2/c11-15-13-4-6-17-9-2-1-3-10(8-9)18-7-5-14-16-12/h1-3,8H,4-7H2. The van der Waals surface area contributed by atoms with Crippen molar-refractivity contribution in [3.05, 3.63) is 45.2 Å². The minimum absolute atomic E-state index is 0.276. The molecule has 0 saturated carbocycles. The van der Waals surface area contributed by atoms with Gasteiger partial charge in [-0.2, -0.15) is 0 Å². The Balaban J connectivity index is 2.40. The number of nitrogens with zero attached hydrogens (tertiary/aromatic N) is 6. The number of ether oxygens (including phenoxy) is 2. The lowest BCUT2D eigenvalue weighted by molar-refractivity contribution is 0.312. The van der Waals surface area contributed by atoms with Gasteiger partial charge in [0.15, 0.2) is 0 Å². The average molecular weight is 248 g/mol. The summed E-state index contributed by atoms with van der Waals surface area (Å²) in [5.41, 5.74) is 16.2. The molecule has 94 valence electrons. The third kappa shape index (κ3) is 5.50. The summed E-state index contributed by atoms with van der Waals surface area (Å²) < 4.78 is 10.7. The van der Waals surface area contributed by atoms with Gasteiger partial charge in [-0.1, -0.05) is 16.3 Å². The zero-order valence-corrected chi connectivity index (χ0v) is 9.64. The predicted octanol–water partition coefficient (Wildman–Crippen LogP) is 3.06. The second-order valence-electron chi connectivity index (χ2n) is 3.08. The van der Waals surface area contributed by atoms with Crippen molar-refractivity contribution < 1.29 is 9.47 Å². The second-order valence-corrected chi connectivity index (χ2v) is 3.08. The van der Waals surface area contributed by atoms with Crippen LogP contribution in [-0.4, -0.2) is 26.3 Å². The Morgan fingerprint density at radius 3 is 1.89 bits per heavy atom. The summed E-state index contributed by atoms with van der Waals surface area (Å²) in [6.07, 6.45) is 0. The van der Waals surface area contributed by atoms with E-state index in [9.17, 15) is 0 Å². The highest BCUT2D eigenvalue weighted by Gasteiger charge is 1.97. The van der Waals surface area contributed by atoms with Crippen molar-refractivity contribution in [3.63, 3.8) is 0 Å². The maximum Gasteiger partial charge on any atom is 0.122 e. The third-order valence-electron chi connectivity index (χ3n) is 1.85. The molecule has 8 nitrogen and oxygen atoms in total. The molecule has 1 rings (SSSR count). The minimum atomic E-state index is 0.276. The van der Waals surface area contributed by atoms with Crippen LogP contribution in [0.5, 0.6) is 11.5 Å². The molecule has 0 spiro atoms. The Morgan fingerprint density at radius 1 is 0.944 bits per heavy atom. The molecule has 0 N–H and O–H groups in total. The van der Waals surface area contributed by atoms with Gasteiger partial charge >= 0.3 is 0 Å². The number of hydrogen-bond donors (Lipinski definition) is 0. The van der Waals surface area contributed by atoms with E-state index in [1.807, 2.05) is 0 Å². The molecule has 0 amide bonds. The monoisotopic (exact) mass is 248 g/mol. The molecule has 0 aliphatic carbocycles. The molecule has 0 aliphatic heterocycles. The highest BCUT2D eigenvalue weighted by atomic mass is 16.5. The van der Waals surface area contributed by atoms with Crippen molar-refractivity contribution in [2.24, 2.45) is 10.2 Å². The molecule has 8 heteroatoms. The van der Waals surface area contributed by atoms with Crippen LogP contribution in [0.4, 0.5) is 0 Å². The van der Waals surface area contributed by atoms with Crippen LogP contribution >= 0.6 is 0 Å². The van der Waals surface area contributed by atoms with Crippen LogP contribution in [0.3, 0.4) is 0 Å². The smallest absolute Gasteiger partial charge is 0.122 e. The van der Waals surface area contributed by atoms with E-state index < -0.39 is 0 Å². The summed E-state index contributed by atoms with van der Waals surface area (Å²) in [5.74, 6) is 1.26. The van der Waals surface area contributed by atoms with E-state index in [1.54, 1.807) is 24.3 Å². The van der Waals surface area contributed by atoms with Gasteiger partial charge in [-0.15, -0.1) is 0 Å². The summed E-state index contributed by atoms with van der Waals surface area (Å²) in [4.78, 5) is 5.25. The molecule has 0 saturated heterocycles. The van der Waals surface area contributed by atoms with Crippen molar-refractivity contribution in [2.75, 3.05) is 26.3 Å². The third-order valence-corrected chi connectivity index (χ3v) is 1.85. The number of hydrogen-bond acceptors (Lipinski definition) is 4. The molecule has 0 radical (unpaired) electrons. The van der Waals surface area contributed by atoms with Gasteiger partial charge in [-0.25, -0.2) is 0 Å². The van der Waals surface area contributed by atoms with Crippen LogP contribution in [0.2, 0.25) is 0 Å². The minimum Gasteiger partial charge on any atom is -0.493 e. The molecular formula is C10H12N6O2. The molecule has 0 bridgehead atoms. The van der Waals surface area contributed by atoms with Crippen molar-refractivity contribution in [1.82, 2.24) is 0 Å². The van der Waals surface area contributed by atoms with Crippen molar-refractivity contribution >= 4 is 0 Å². The van der Waals surface area contributed by atoms with Crippen LogP contribution in [0.25, 0.3) is 20.9 Å². The molecule has 0 fully saturated rings. The van der Waals surface area contributed by atoms with E-state index in [0.29, 0.717) is 24.7 Å². The fourth-order valence-electron chi connectivity index (χ4n) is 1.15. The fraction of sp³-hybridized carbons (Fsp3) is 0.400.